The number of amides is 1. The summed E-state index contributed by atoms with van der Waals surface area (Å²) in [6, 6.07) is 11.3. The van der Waals surface area contributed by atoms with Crippen LogP contribution in [0.5, 0.6) is 11.5 Å². The highest BCUT2D eigenvalue weighted by atomic mass is 19.1. The Balaban J connectivity index is 1.83. The molecule has 3 rings (SSSR count). The van der Waals surface area contributed by atoms with Gasteiger partial charge in [0, 0.05) is 19.1 Å². The summed E-state index contributed by atoms with van der Waals surface area (Å²) in [6.45, 7) is 0.428. The molecule has 1 heterocycles. The maximum Gasteiger partial charge on any atom is 0.276 e. The minimum Gasteiger partial charge on any atom is -0.493 e. The lowest BCUT2D eigenvalue weighted by Crippen LogP contribution is -2.30. The summed E-state index contributed by atoms with van der Waals surface area (Å²) in [5, 5.41) is 5.80. The fourth-order valence-electron chi connectivity index (χ4n) is 3.02. The van der Waals surface area contributed by atoms with E-state index in [2.05, 4.69) is 5.10 Å². The second kappa shape index (κ2) is 8.18. The largest absolute Gasteiger partial charge is 0.493 e. The molecule has 0 fully saturated rings. The Kier molecular flexibility index (Phi) is 5.71. The van der Waals surface area contributed by atoms with Gasteiger partial charge >= 0.3 is 0 Å². The topological polar surface area (TPSA) is 60.4 Å². The van der Waals surface area contributed by atoms with Crippen LogP contribution in [0.4, 0.5) is 4.39 Å². The van der Waals surface area contributed by atoms with E-state index in [4.69, 9.17) is 14.2 Å². The molecule has 2 aromatic rings. The Hall–Kier alpha value is -2.93. The first-order chi connectivity index (χ1) is 13.1. The van der Waals surface area contributed by atoms with Crippen LogP contribution in [-0.2, 0) is 9.53 Å². The van der Waals surface area contributed by atoms with Crippen molar-refractivity contribution in [1.82, 2.24) is 5.01 Å². The number of hydrogen-bond acceptors (Lipinski definition) is 5. The van der Waals surface area contributed by atoms with Crippen molar-refractivity contribution in [1.29, 1.82) is 0 Å². The van der Waals surface area contributed by atoms with E-state index >= 15 is 0 Å². The number of halogens is 1. The molecule has 1 aliphatic rings. The molecular weight excluding hydrogens is 351 g/mol. The van der Waals surface area contributed by atoms with Crippen LogP contribution < -0.4 is 9.47 Å². The summed E-state index contributed by atoms with van der Waals surface area (Å²) in [5.41, 5.74) is 2.07. The van der Waals surface area contributed by atoms with E-state index in [1.54, 1.807) is 32.4 Å². The number of hydrogen-bond donors (Lipinski definition) is 0. The van der Waals surface area contributed by atoms with Crippen LogP contribution in [0.1, 0.15) is 23.7 Å². The van der Waals surface area contributed by atoms with Crippen LogP contribution in [0.15, 0.2) is 47.6 Å². The molecular formula is C20H21FN2O4. The maximum atomic E-state index is 13.5. The Labute approximate surface area is 157 Å². The van der Waals surface area contributed by atoms with Crippen LogP contribution in [0.25, 0.3) is 0 Å². The van der Waals surface area contributed by atoms with Crippen molar-refractivity contribution in [3.05, 3.63) is 59.4 Å². The molecule has 1 unspecified atom stereocenters. The van der Waals surface area contributed by atoms with Crippen molar-refractivity contribution < 1.29 is 23.4 Å². The average Bonchev–Trinajstić information content (AvgIpc) is 3.18. The molecule has 0 saturated heterocycles. The van der Waals surface area contributed by atoms with Crippen LogP contribution in [0.3, 0.4) is 0 Å². The molecule has 1 aliphatic heterocycles. The first kappa shape index (κ1) is 18.8. The molecule has 0 N–H and O–H groups in total. The second-order valence-electron chi connectivity index (χ2n) is 6.00. The molecule has 27 heavy (non-hydrogen) atoms. The average molecular weight is 372 g/mol. The number of methoxy groups -OCH3 is 3. The number of carbonyl (C=O) groups excluding carboxylic acids is 1. The van der Waals surface area contributed by atoms with Crippen molar-refractivity contribution in [3.8, 4) is 11.5 Å². The number of hydrazone groups is 1. The highest BCUT2D eigenvalue weighted by Gasteiger charge is 2.30. The third-order valence-corrected chi connectivity index (χ3v) is 4.38. The van der Waals surface area contributed by atoms with E-state index in [-0.39, 0.29) is 5.91 Å². The van der Waals surface area contributed by atoms with Crippen LogP contribution in [0.2, 0.25) is 0 Å². The van der Waals surface area contributed by atoms with Crippen molar-refractivity contribution in [3.63, 3.8) is 0 Å². The quantitative estimate of drug-likeness (QED) is 0.782. The SMILES string of the molecule is COc1ccc(C2=NN(C(=O)C(OC)c3cccc(F)c3)CC2)cc1OC. The molecule has 0 saturated carbocycles. The molecule has 0 spiro atoms. The zero-order valence-electron chi connectivity index (χ0n) is 15.4. The molecule has 142 valence electrons. The number of carbonyl (C=O) groups is 1. The van der Waals surface area contributed by atoms with Gasteiger partial charge in [0.15, 0.2) is 17.6 Å². The summed E-state index contributed by atoms with van der Waals surface area (Å²) < 4.78 is 29.4. The van der Waals surface area contributed by atoms with Gasteiger partial charge in [-0.15, -0.1) is 0 Å². The predicted molar refractivity (Wildman–Crippen MR) is 98.6 cm³/mol. The van der Waals surface area contributed by atoms with Crippen molar-refractivity contribution in [2.24, 2.45) is 5.10 Å². The van der Waals surface area contributed by atoms with E-state index in [1.807, 2.05) is 12.1 Å². The lowest BCUT2D eigenvalue weighted by Gasteiger charge is -2.19. The molecule has 6 nitrogen and oxygen atoms in total. The zero-order valence-corrected chi connectivity index (χ0v) is 15.4. The minimum absolute atomic E-state index is 0.335. The molecule has 2 aromatic carbocycles. The van der Waals surface area contributed by atoms with E-state index < -0.39 is 11.9 Å². The summed E-state index contributed by atoms with van der Waals surface area (Å²) in [7, 11) is 4.56. The van der Waals surface area contributed by atoms with Crippen LogP contribution in [-0.4, -0.2) is 44.5 Å². The molecule has 0 aliphatic carbocycles. The molecule has 1 atom stereocenters. The van der Waals surface area contributed by atoms with Gasteiger partial charge in [-0.25, -0.2) is 9.40 Å². The Morgan fingerprint density at radius 3 is 2.56 bits per heavy atom. The Morgan fingerprint density at radius 1 is 1.11 bits per heavy atom. The Bertz CT molecular complexity index is 869. The van der Waals surface area contributed by atoms with Gasteiger partial charge in [0.25, 0.3) is 5.91 Å². The third-order valence-electron chi connectivity index (χ3n) is 4.38. The zero-order chi connectivity index (χ0) is 19.4. The molecule has 7 heteroatoms. The molecule has 0 aromatic heterocycles. The molecule has 0 radical (unpaired) electrons. The summed E-state index contributed by atoms with van der Waals surface area (Å²) in [6.07, 6.45) is -0.310. The molecule has 0 bridgehead atoms. The van der Waals surface area contributed by atoms with E-state index in [0.29, 0.717) is 30.0 Å². The van der Waals surface area contributed by atoms with Crippen molar-refractivity contribution in [2.45, 2.75) is 12.5 Å². The maximum absolute atomic E-state index is 13.5. The van der Waals surface area contributed by atoms with Gasteiger partial charge in [-0.3, -0.25) is 4.79 Å². The summed E-state index contributed by atoms with van der Waals surface area (Å²) in [4.78, 5) is 12.8. The predicted octanol–water partition coefficient (Wildman–Crippen LogP) is 3.17. The van der Waals surface area contributed by atoms with E-state index in [1.165, 1.54) is 24.3 Å². The smallest absolute Gasteiger partial charge is 0.276 e. The molecule has 1 amide bonds. The standard InChI is InChI=1S/C20H21FN2O4/c1-25-17-8-7-13(12-18(17)26-2)16-9-10-23(22-16)20(24)19(27-3)14-5-4-6-15(21)11-14/h4-8,11-12,19H,9-10H2,1-3H3. The Morgan fingerprint density at radius 2 is 1.89 bits per heavy atom. The van der Waals surface area contributed by atoms with E-state index in [9.17, 15) is 9.18 Å². The number of rotatable bonds is 6. The number of nitrogens with zero attached hydrogens (tertiary/aromatic N) is 2. The van der Waals surface area contributed by atoms with Gasteiger partial charge in [0.05, 0.1) is 26.5 Å². The van der Waals surface area contributed by atoms with Crippen molar-refractivity contribution in [2.75, 3.05) is 27.9 Å². The lowest BCUT2D eigenvalue weighted by atomic mass is 10.1. The van der Waals surface area contributed by atoms with Crippen molar-refractivity contribution >= 4 is 11.6 Å². The third kappa shape index (κ3) is 3.93. The van der Waals surface area contributed by atoms with Gasteiger partial charge in [-0.2, -0.15) is 5.10 Å². The van der Waals surface area contributed by atoms with Gasteiger partial charge < -0.3 is 14.2 Å². The van der Waals surface area contributed by atoms with Crippen LogP contribution >= 0.6 is 0 Å². The van der Waals surface area contributed by atoms with Gasteiger partial charge in [0.1, 0.15) is 5.82 Å². The highest BCUT2D eigenvalue weighted by molar-refractivity contribution is 6.03. The number of benzene rings is 2. The first-order valence-electron chi connectivity index (χ1n) is 8.47. The fraction of sp³-hybridized carbons (Fsp3) is 0.300. The van der Waals surface area contributed by atoms with Gasteiger partial charge in [0.2, 0.25) is 0 Å². The minimum atomic E-state index is -0.908. The summed E-state index contributed by atoms with van der Waals surface area (Å²) in [5.74, 6) is 0.465. The highest BCUT2D eigenvalue weighted by Crippen LogP contribution is 2.30. The van der Waals surface area contributed by atoms with Crippen LogP contribution in [0, 0.1) is 5.82 Å². The lowest BCUT2D eigenvalue weighted by molar-refractivity contribution is -0.141. The first-order valence-corrected chi connectivity index (χ1v) is 8.47. The number of ether oxygens (including phenoxy) is 3. The monoisotopic (exact) mass is 372 g/mol. The fourth-order valence-corrected chi connectivity index (χ4v) is 3.02. The van der Waals surface area contributed by atoms with E-state index in [0.717, 1.165) is 11.3 Å². The second-order valence-corrected chi connectivity index (χ2v) is 6.00. The van der Waals surface area contributed by atoms with Gasteiger partial charge in [-0.05, 0) is 35.9 Å². The summed E-state index contributed by atoms with van der Waals surface area (Å²) >= 11 is 0. The van der Waals surface area contributed by atoms with Gasteiger partial charge in [-0.1, -0.05) is 12.1 Å². The normalized spacial score (nSPS) is 14.7.